The van der Waals surface area contributed by atoms with Crippen LogP contribution >= 0.6 is 0 Å². The molecule has 1 aromatic rings. The van der Waals surface area contributed by atoms with E-state index < -0.39 is 0 Å². The SMILES string of the molecule is COc1ccc([C@H]2CCN(C3CCCC3)C2)cc1C. The average molecular weight is 259 g/mol. The molecule has 2 nitrogen and oxygen atoms in total. The topological polar surface area (TPSA) is 12.5 Å². The van der Waals surface area contributed by atoms with Crippen LogP contribution in [0.25, 0.3) is 0 Å². The minimum atomic E-state index is 0.727. The lowest BCUT2D eigenvalue weighted by atomic mass is 9.96. The summed E-state index contributed by atoms with van der Waals surface area (Å²) in [7, 11) is 1.75. The van der Waals surface area contributed by atoms with E-state index in [9.17, 15) is 0 Å². The van der Waals surface area contributed by atoms with Crippen LogP contribution in [0.3, 0.4) is 0 Å². The number of hydrogen-bond donors (Lipinski definition) is 0. The third kappa shape index (κ3) is 2.64. The van der Waals surface area contributed by atoms with Crippen LogP contribution in [0.2, 0.25) is 0 Å². The van der Waals surface area contributed by atoms with Crippen LogP contribution in [0.5, 0.6) is 5.75 Å². The van der Waals surface area contributed by atoms with E-state index in [4.69, 9.17) is 4.74 Å². The molecule has 2 aliphatic rings. The summed E-state index contributed by atoms with van der Waals surface area (Å²) in [5.41, 5.74) is 2.76. The van der Waals surface area contributed by atoms with Gasteiger partial charge in [0.15, 0.2) is 0 Å². The second kappa shape index (κ2) is 5.54. The molecule has 2 fully saturated rings. The second-order valence-corrected chi connectivity index (χ2v) is 6.15. The van der Waals surface area contributed by atoms with Crippen molar-refractivity contribution in [2.75, 3.05) is 20.2 Å². The first-order chi connectivity index (χ1) is 9.28. The number of methoxy groups -OCH3 is 1. The first kappa shape index (κ1) is 13.0. The van der Waals surface area contributed by atoms with Crippen LogP contribution < -0.4 is 4.74 Å². The van der Waals surface area contributed by atoms with Gasteiger partial charge in [-0.1, -0.05) is 25.0 Å². The van der Waals surface area contributed by atoms with Crippen molar-refractivity contribution in [3.63, 3.8) is 0 Å². The Morgan fingerprint density at radius 3 is 2.63 bits per heavy atom. The van der Waals surface area contributed by atoms with Gasteiger partial charge in [-0.3, -0.25) is 4.90 Å². The summed E-state index contributed by atoms with van der Waals surface area (Å²) in [4.78, 5) is 2.73. The monoisotopic (exact) mass is 259 g/mol. The molecular formula is C17H25NO. The molecule has 0 N–H and O–H groups in total. The zero-order chi connectivity index (χ0) is 13.2. The molecule has 1 aliphatic heterocycles. The van der Waals surface area contributed by atoms with E-state index in [2.05, 4.69) is 30.0 Å². The lowest BCUT2D eigenvalue weighted by Crippen LogP contribution is -2.30. The molecule has 3 rings (SSSR count). The highest BCUT2D eigenvalue weighted by Crippen LogP contribution is 2.34. The van der Waals surface area contributed by atoms with Crippen LogP contribution in [-0.4, -0.2) is 31.1 Å². The molecular weight excluding hydrogens is 234 g/mol. The predicted octanol–water partition coefficient (Wildman–Crippen LogP) is 3.74. The van der Waals surface area contributed by atoms with Gasteiger partial charge in [-0.05, 0) is 55.8 Å². The fourth-order valence-electron chi connectivity index (χ4n) is 3.82. The highest BCUT2D eigenvalue weighted by atomic mass is 16.5. The Bertz CT molecular complexity index is 437. The Morgan fingerprint density at radius 1 is 1.16 bits per heavy atom. The second-order valence-electron chi connectivity index (χ2n) is 6.15. The van der Waals surface area contributed by atoms with Crippen LogP contribution in [0.15, 0.2) is 18.2 Å². The van der Waals surface area contributed by atoms with Crippen molar-refractivity contribution in [1.29, 1.82) is 0 Å². The van der Waals surface area contributed by atoms with Crippen molar-refractivity contribution >= 4 is 0 Å². The lowest BCUT2D eigenvalue weighted by molar-refractivity contribution is 0.243. The van der Waals surface area contributed by atoms with Gasteiger partial charge < -0.3 is 4.74 Å². The van der Waals surface area contributed by atoms with Crippen molar-refractivity contribution in [3.05, 3.63) is 29.3 Å². The van der Waals surface area contributed by atoms with Crippen molar-refractivity contribution in [1.82, 2.24) is 4.90 Å². The summed E-state index contributed by atoms with van der Waals surface area (Å²) >= 11 is 0. The molecule has 1 heterocycles. The highest BCUT2D eigenvalue weighted by Gasteiger charge is 2.30. The van der Waals surface area contributed by atoms with Crippen molar-refractivity contribution in [2.45, 2.75) is 51.0 Å². The highest BCUT2D eigenvalue weighted by molar-refractivity contribution is 5.38. The number of nitrogens with zero attached hydrogens (tertiary/aromatic N) is 1. The smallest absolute Gasteiger partial charge is 0.121 e. The summed E-state index contributed by atoms with van der Waals surface area (Å²) < 4.78 is 5.35. The fourth-order valence-corrected chi connectivity index (χ4v) is 3.82. The first-order valence-corrected chi connectivity index (χ1v) is 7.66. The van der Waals surface area contributed by atoms with Gasteiger partial charge in [0.05, 0.1) is 7.11 Å². The van der Waals surface area contributed by atoms with Gasteiger partial charge in [-0.2, -0.15) is 0 Å². The van der Waals surface area contributed by atoms with Gasteiger partial charge in [-0.15, -0.1) is 0 Å². The number of ether oxygens (including phenoxy) is 1. The quantitative estimate of drug-likeness (QED) is 0.820. The zero-order valence-corrected chi connectivity index (χ0v) is 12.2. The number of rotatable bonds is 3. The first-order valence-electron chi connectivity index (χ1n) is 7.66. The van der Waals surface area contributed by atoms with Crippen LogP contribution in [-0.2, 0) is 0 Å². The lowest BCUT2D eigenvalue weighted by Gasteiger charge is -2.23. The van der Waals surface area contributed by atoms with Gasteiger partial charge >= 0.3 is 0 Å². The summed E-state index contributed by atoms with van der Waals surface area (Å²) in [6, 6.07) is 7.59. The Morgan fingerprint density at radius 2 is 1.95 bits per heavy atom. The molecule has 0 spiro atoms. The Hall–Kier alpha value is -1.02. The van der Waals surface area contributed by atoms with Crippen LogP contribution in [0.1, 0.15) is 49.1 Å². The standard InChI is InChI=1S/C17H25NO/c1-13-11-14(7-8-17(13)19-2)15-9-10-18(12-15)16-5-3-4-6-16/h7-8,11,15-16H,3-6,9-10,12H2,1-2H3/t15-/m0/s1. The van der Waals surface area contributed by atoms with Crippen molar-refractivity contribution in [2.24, 2.45) is 0 Å². The molecule has 1 aromatic carbocycles. The number of benzene rings is 1. The summed E-state index contributed by atoms with van der Waals surface area (Å²) in [6.45, 7) is 4.70. The Balaban J connectivity index is 1.68. The van der Waals surface area contributed by atoms with Gasteiger partial charge in [-0.25, -0.2) is 0 Å². The number of aryl methyl sites for hydroxylation is 1. The molecule has 1 aliphatic carbocycles. The zero-order valence-electron chi connectivity index (χ0n) is 12.2. The maximum absolute atomic E-state index is 5.35. The Labute approximate surface area is 116 Å². The fraction of sp³-hybridized carbons (Fsp3) is 0.647. The third-order valence-electron chi connectivity index (χ3n) is 4.95. The van der Waals surface area contributed by atoms with E-state index in [-0.39, 0.29) is 0 Å². The average Bonchev–Trinajstić information content (AvgIpc) is 3.09. The molecule has 0 amide bonds. The summed E-state index contributed by atoms with van der Waals surface area (Å²) in [5.74, 6) is 1.74. The van der Waals surface area contributed by atoms with E-state index in [1.807, 2.05) is 0 Å². The normalized spacial score (nSPS) is 25.1. The molecule has 104 valence electrons. The van der Waals surface area contributed by atoms with Crippen LogP contribution in [0, 0.1) is 6.92 Å². The predicted molar refractivity (Wildman–Crippen MR) is 78.9 cm³/mol. The van der Waals surface area contributed by atoms with E-state index >= 15 is 0 Å². The number of likely N-dealkylation sites (tertiary alicyclic amines) is 1. The molecule has 0 radical (unpaired) electrons. The maximum Gasteiger partial charge on any atom is 0.121 e. The Kier molecular flexibility index (Phi) is 3.79. The maximum atomic E-state index is 5.35. The van der Waals surface area contributed by atoms with Gasteiger partial charge in [0.2, 0.25) is 0 Å². The molecule has 2 heteroatoms. The van der Waals surface area contributed by atoms with Crippen molar-refractivity contribution in [3.8, 4) is 5.75 Å². The van der Waals surface area contributed by atoms with E-state index in [0.29, 0.717) is 0 Å². The van der Waals surface area contributed by atoms with E-state index in [0.717, 1.165) is 17.7 Å². The van der Waals surface area contributed by atoms with Gasteiger partial charge in [0.25, 0.3) is 0 Å². The molecule has 1 atom stereocenters. The van der Waals surface area contributed by atoms with E-state index in [1.165, 1.54) is 56.3 Å². The molecule has 0 unspecified atom stereocenters. The molecule has 0 bridgehead atoms. The third-order valence-corrected chi connectivity index (χ3v) is 4.95. The largest absolute Gasteiger partial charge is 0.496 e. The van der Waals surface area contributed by atoms with Crippen molar-refractivity contribution < 1.29 is 4.74 Å². The molecule has 19 heavy (non-hydrogen) atoms. The minimum Gasteiger partial charge on any atom is -0.496 e. The number of hydrogen-bond acceptors (Lipinski definition) is 2. The molecule has 1 saturated carbocycles. The van der Waals surface area contributed by atoms with Gasteiger partial charge in [0.1, 0.15) is 5.75 Å². The molecule has 1 saturated heterocycles. The van der Waals surface area contributed by atoms with Gasteiger partial charge in [0, 0.05) is 12.6 Å². The van der Waals surface area contributed by atoms with E-state index in [1.54, 1.807) is 7.11 Å². The van der Waals surface area contributed by atoms with Crippen LogP contribution in [0.4, 0.5) is 0 Å². The minimum absolute atomic E-state index is 0.727. The molecule has 0 aromatic heterocycles. The summed E-state index contributed by atoms with van der Waals surface area (Å²) in [6.07, 6.45) is 7.05. The summed E-state index contributed by atoms with van der Waals surface area (Å²) in [5, 5.41) is 0.